The fourth-order valence-electron chi connectivity index (χ4n) is 2.02. The summed E-state index contributed by atoms with van der Waals surface area (Å²) in [5.74, 6) is 1.26. The molecule has 1 atom stereocenters. The fourth-order valence-corrected chi connectivity index (χ4v) is 3.10. The molecule has 1 amide bonds. The second-order valence-electron chi connectivity index (χ2n) is 4.67. The Hall–Kier alpha value is -1.40. The van der Waals surface area contributed by atoms with Crippen LogP contribution in [0, 0.1) is 0 Å². The highest BCUT2D eigenvalue weighted by Gasteiger charge is 2.24. The molecule has 1 aromatic rings. The molecule has 0 aromatic heterocycles. The molecule has 1 unspecified atom stereocenters. The second-order valence-corrected chi connectivity index (χ2v) is 6.37. The van der Waals surface area contributed by atoms with Crippen LogP contribution in [0.15, 0.2) is 24.3 Å². The second kappa shape index (κ2) is 6.16. The van der Waals surface area contributed by atoms with Gasteiger partial charge >= 0.3 is 0 Å². The van der Waals surface area contributed by atoms with Crippen molar-refractivity contribution in [1.29, 1.82) is 0 Å². The van der Waals surface area contributed by atoms with Crippen LogP contribution in [0.3, 0.4) is 0 Å². The summed E-state index contributed by atoms with van der Waals surface area (Å²) in [6.07, 6.45) is 0. The number of carbonyl (C=O) groups excluding carboxylic acids is 1. The van der Waals surface area contributed by atoms with Gasteiger partial charge in [-0.2, -0.15) is 0 Å². The van der Waals surface area contributed by atoms with Crippen LogP contribution in [0.4, 0.5) is 11.4 Å². The van der Waals surface area contributed by atoms with Gasteiger partial charge in [-0.05, 0) is 31.2 Å². The van der Waals surface area contributed by atoms with Crippen LogP contribution in [0.25, 0.3) is 0 Å². The minimum absolute atomic E-state index is 0.0440. The Bertz CT molecular complexity index is 465. The van der Waals surface area contributed by atoms with Gasteiger partial charge in [-0.1, -0.05) is 0 Å². The van der Waals surface area contributed by atoms with Gasteiger partial charge < -0.3 is 11.1 Å². The van der Waals surface area contributed by atoms with E-state index in [-0.39, 0.29) is 11.9 Å². The topological polar surface area (TPSA) is 75.4 Å². The van der Waals surface area contributed by atoms with Gasteiger partial charge in [0.15, 0.2) is 0 Å². The zero-order valence-electron chi connectivity index (χ0n) is 11.0. The molecule has 0 radical (unpaired) electrons. The summed E-state index contributed by atoms with van der Waals surface area (Å²) in [5, 5.41) is 2.87. The Morgan fingerprint density at radius 1 is 1.32 bits per heavy atom. The molecule has 0 spiro atoms. The van der Waals surface area contributed by atoms with Crippen LogP contribution in [-0.4, -0.2) is 45.7 Å². The Balaban J connectivity index is 1.92. The van der Waals surface area contributed by atoms with Gasteiger partial charge in [-0.3, -0.25) is 13.9 Å². The van der Waals surface area contributed by atoms with Crippen LogP contribution in [0.1, 0.15) is 6.92 Å². The van der Waals surface area contributed by atoms with Crippen LogP contribution in [0.5, 0.6) is 0 Å². The average molecular weight is 281 g/mol. The summed E-state index contributed by atoms with van der Waals surface area (Å²) in [6.45, 7) is 3.30. The molecule has 2 rings (SSSR count). The third-order valence-corrected chi connectivity index (χ3v) is 4.59. The summed E-state index contributed by atoms with van der Waals surface area (Å²) < 4.78 is 11.3. The van der Waals surface area contributed by atoms with Gasteiger partial charge in [0.1, 0.15) is 0 Å². The lowest BCUT2D eigenvalue weighted by molar-refractivity contribution is -0.120. The molecule has 0 aliphatic carbocycles. The number of carbonyl (C=O) groups is 1. The smallest absolute Gasteiger partial charge is 0.241 e. The van der Waals surface area contributed by atoms with Crippen LogP contribution in [0.2, 0.25) is 0 Å². The molecule has 6 heteroatoms. The van der Waals surface area contributed by atoms with Crippen molar-refractivity contribution in [2.45, 2.75) is 13.0 Å². The number of nitrogens with one attached hydrogen (secondary N) is 1. The molecule has 3 N–H and O–H groups in total. The molecular weight excluding hydrogens is 262 g/mol. The van der Waals surface area contributed by atoms with Crippen molar-refractivity contribution in [3.05, 3.63) is 24.3 Å². The van der Waals surface area contributed by atoms with E-state index in [9.17, 15) is 9.00 Å². The minimum atomic E-state index is -0.719. The van der Waals surface area contributed by atoms with Crippen LogP contribution < -0.4 is 11.1 Å². The van der Waals surface area contributed by atoms with Gasteiger partial charge in [0, 0.05) is 46.8 Å². The molecule has 1 saturated heterocycles. The summed E-state index contributed by atoms with van der Waals surface area (Å²) in [4.78, 5) is 14.2. The number of amides is 1. The van der Waals surface area contributed by atoms with Crippen LogP contribution in [-0.2, 0) is 15.6 Å². The molecule has 1 fully saturated rings. The van der Waals surface area contributed by atoms with Crippen molar-refractivity contribution in [3.8, 4) is 0 Å². The van der Waals surface area contributed by atoms with E-state index >= 15 is 0 Å². The summed E-state index contributed by atoms with van der Waals surface area (Å²) in [7, 11) is -0.719. The molecule has 0 bridgehead atoms. The zero-order chi connectivity index (χ0) is 13.8. The van der Waals surface area contributed by atoms with E-state index in [1.54, 1.807) is 24.3 Å². The lowest BCUT2D eigenvalue weighted by Crippen LogP contribution is -2.48. The van der Waals surface area contributed by atoms with E-state index < -0.39 is 10.8 Å². The summed E-state index contributed by atoms with van der Waals surface area (Å²) >= 11 is 0. The summed E-state index contributed by atoms with van der Waals surface area (Å²) in [6, 6.07) is 6.86. The molecule has 0 saturated carbocycles. The van der Waals surface area contributed by atoms with Crippen molar-refractivity contribution in [2.75, 3.05) is 35.6 Å². The third-order valence-electron chi connectivity index (χ3n) is 3.32. The first kappa shape index (κ1) is 14.0. The lowest BCUT2D eigenvalue weighted by Gasteiger charge is -2.30. The zero-order valence-corrected chi connectivity index (χ0v) is 11.8. The quantitative estimate of drug-likeness (QED) is 0.798. The lowest BCUT2D eigenvalue weighted by atomic mass is 10.2. The fraction of sp³-hybridized carbons (Fsp3) is 0.462. The van der Waals surface area contributed by atoms with Gasteiger partial charge in [-0.15, -0.1) is 0 Å². The van der Waals surface area contributed by atoms with Crippen molar-refractivity contribution >= 4 is 28.1 Å². The van der Waals surface area contributed by atoms with Crippen molar-refractivity contribution in [1.82, 2.24) is 4.90 Å². The number of hydrogen-bond acceptors (Lipinski definition) is 4. The highest BCUT2D eigenvalue weighted by molar-refractivity contribution is 7.85. The van der Waals surface area contributed by atoms with E-state index in [1.807, 2.05) is 6.92 Å². The normalized spacial score (nSPS) is 19.0. The first-order chi connectivity index (χ1) is 9.06. The maximum Gasteiger partial charge on any atom is 0.241 e. The average Bonchev–Trinajstić information content (AvgIpc) is 2.41. The molecule has 1 aromatic carbocycles. The van der Waals surface area contributed by atoms with Crippen molar-refractivity contribution in [3.63, 3.8) is 0 Å². The van der Waals surface area contributed by atoms with E-state index in [2.05, 4.69) is 10.2 Å². The SMILES string of the molecule is CC(C(=O)Nc1ccc(N)cc1)N1CCS(=O)CC1. The highest BCUT2D eigenvalue weighted by atomic mass is 32.2. The van der Waals surface area contributed by atoms with Gasteiger partial charge in [0.05, 0.1) is 6.04 Å². The maximum atomic E-state index is 12.1. The molecular formula is C13H19N3O2S. The standard InChI is InChI=1S/C13H19N3O2S/c1-10(16-6-8-19(18)9-7-16)13(17)15-12-4-2-11(14)3-5-12/h2-5,10H,6-9,14H2,1H3,(H,15,17). The van der Waals surface area contributed by atoms with Crippen molar-refractivity contribution in [2.24, 2.45) is 0 Å². The number of hydrogen-bond donors (Lipinski definition) is 2. The number of benzene rings is 1. The predicted octanol–water partition coefficient (Wildman–Crippen LogP) is 0.660. The number of anilines is 2. The number of rotatable bonds is 3. The van der Waals surface area contributed by atoms with E-state index in [1.165, 1.54) is 0 Å². The number of nitrogens with zero attached hydrogens (tertiary/aromatic N) is 1. The Labute approximate surface area is 115 Å². The Kier molecular flexibility index (Phi) is 4.55. The highest BCUT2D eigenvalue weighted by Crippen LogP contribution is 2.12. The number of nitrogen functional groups attached to an aromatic ring is 1. The van der Waals surface area contributed by atoms with Crippen LogP contribution >= 0.6 is 0 Å². The summed E-state index contributed by atoms with van der Waals surface area (Å²) in [5.41, 5.74) is 7.01. The Morgan fingerprint density at radius 3 is 2.47 bits per heavy atom. The Morgan fingerprint density at radius 2 is 1.89 bits per heavy atom. The van der Waals surface area contributed by atoms with Gasteiger partial charge in [0.2, 0.25) is 5.91 Å². The minimum Gasteiger partial charge on any atom is -0.399 e. The van der Waals surface area contributed by atoms with Crippen molar-refractivity contribution < 1.29 is 9.00 Å². The first-order valence-corrected chi connectivity index (χ1v) is 7.80. The van der Waals surface area contributed by atoms with E-state index in [0.717, 1.165) is 5.69 Å². The molecule has 1 aliphatic heterocycles. The first-order valence-electron chi connectivity index (χ1n) is 6.31. The van der Waals surface area contributed by atoms with E-state index in [4.69, 9.17) is 5.73 Å². The maximum absolute atomic E-state index is 12.1. The third kappa shape index (κ3) is 3.78. The van der Waals surface area contributed by atoms with Gasteiger partial charge in [0.25, 0.3) is 0 Å². The molecule has 104 valence electrons. The van der Waals surface area contributed by atoms with Gasteiger partial charge in [-0.25, -0.2) is 0 Å². The molecule has 5 nitrogen and oxygen atoms in total. The molecule has 1 heterocycles. The largest absolute Gasteiger partial charge is 0.399 e. The monoisotopic (exact) mass is 281 g/mol. The molecule has 19 heavy (non-hydrogen) atoms. The molecule has 1 aliphatic rings. The van der Waals surface area contributed by atoms with E-state index in [0.29, 0.717) is 30.3 Å². The predicted molar refractivity (Wildman–Crippen MR) is 78.4 cm³/mol. The number of nitrogens with two attached hydrogens (primary N) is 1.